The van der Waals surface area contributed by atoms with Crippen molar-refractivity contribution in [3.8, 4) is 0 Å². The fourth-order valence-corrected chi connectivity index (χ4v) is 3.86. The zero-order valence-electron chi connectivity index (χ0n) is 13.8. The number of rotatable bonds is 4. The van der Waals surface area contributed by atoms with E-state index in [0.717, 1.165) is 42.4 Å². The third kappa shape index (κ3) is 3.34. The zero-order chi connectivity index (χ0) is 16.4. The lowest BCUT2D eigenvalue weighted by Gasteiger charge is -2.32. The smallest absolute Gasteiger partial charge is 0.187 e. The Morgan fingerprint density at radius 3 is 2.61 bits per heavy atom. The highest BCUT2D eigenvalue weighted by Crippen LogP contribution is 2.33. The van der Waals surface area contributed by atoms with Crippen molar-refractivity contribution in [2.45, 2.75) is 51.9 Å². The van der Waals surface area contributed by atoms with E-state index < -0.39 is 0 Å². The van der Waals surface area contributed by atoms with Gasteiger partial charge in [0.05, 0.1) is 5.69 Å². The van der Waals surface area contributed by atoms with Gasteiger partial charge in [0.25, 0.3) is 0 Å². The summed E-state index contributed by atoms with van der Waals surface area (Å²) in [4.78, 5) is 10.3. The van der Waals surface area contributed by atoms with Gasteiger partial charge in [-0.3, -0.25) is 0 Å². The summed E-state index contributed by atoms with van der Waals surface area (Å²) in [6, 6.07) is 0. The molecule has 0 amide bonds. The lowest BCUT2D eigenvalue weighted by molar-refractivity contribution is 0.485. The van der Waals surface area contributed by atoms with Crippen molar-refractivity contribution >= 4 is 17.2 Å². The lowest BCUT2D eigenvalue weighted by Crippen LogP contribution is -2.34. The van der Waals surface area contributed by atoms with E-state index in [4.69, 9.17) is 0 Å². The van der Waals surface area contributed by atoms with Crippen molar-refractivity contribution in [3.63, 3.8) is 0 Å². The third-order valence-electron chi connectivity index (χ3n) is 4.27. The Labute approximate surface area is 140 Å². The summed E-state index contributed by atoms with van der Waals surface area (Å²) in [7, 11) is 0. The topological polar surface area (TPSA) is 54.8 Å². The predicted octanol–water partition coefficient (Wildman–Crippen LogP) is 3.54. The average Bonchev–Trinajstić information content (AvgIpc) is 3.04. The van der Waals surface area contributed by atoms with Crippen LogP contribution in [0.3, 0.4) is 0 Å². The van der Waals surface area contributed by atoms with Crippen LogP contribution in [0, 0.1) is 5.82 Å². The minimum atomic E-state index is -0.273. The highest BCUT2D eigenvalue weighted by Gasteiger charge is 2.27. The summed E-state index contributed by atoms with van der Waals surface area (Å²) < 4.78 is 14.6. The van der Waals surface area contributed by atoms with Crippen molar-refractivity contribution in [1.82, 2.24) is 20.2 Å². The van der Waals surface area contributed by atoms with Gasteiger partial charge in [-0.25, -0.2) is 14.4 Å². The molecule has 3 rings (SSSR count). The van der Waals surface area contributed by atoms with Gasteiger partial charge in [0, 0.05) is 19.0 Å². The minimum Gasteiger partial charge on any atom is -0.354 e. The lowest BCUT2D eigenvalue weighted by atomic mass is 9.97. The van der Waals surface area contributed by atoms with Gasteiger partial charge in [-0.2, -0.15) is 0 Å². The van der Waals surface area contributed by atoms with Gasteiger partial charge in [0.1, 0.15) is 16.3 Å². The molecular weight excluding hydrogens is 313 g/mol. The van der Waals surface area contributed by atoms with Crippen LogP contribution >= 0.6 is 11.3 Å². The number of piperidine rings is 1. The Morgan fingerprint density at radius 2 is 2.00 bits per heavy atom. The van der Waals surface area contributed by atoms with Crippen molar-refractivity contribution in [1.29, 1.82) is 0 Å². The fraction of sp³-hybridized carbons (Fsp3) is 0.625. The Kier molecular flexibility index (Phi) is 4.84. The molecule has 7 heteroatoms. The van der Waals surface area contributed by atoms with E-state index in [1.54, 1.807) is 11.3 Å². The van der Waals surface area contributed by atoms with Crippen LogP contribution in [0.2, 0.25) is 0 Å². The number of anilines is 1. The molecule has 2 aromatic rings. The molecule has 1 aliphatic heterocycles. The summed E-state index contributed by atoms with van der Waals surface area (Å²) >= 11 is 1.71. The van der Waals surface area contributed by atoms with Crippen molar-refractivity contribution < 1.29 is 4.39 Å². The normalized spacial score (nSPS) is 16.3. The molecular formula is C16H22FN5S. The van der Waals surface area contributed by atoms with Crippen molar-refractivity contribution in [2.24, 2.45) is 0 Å². The second-order valence-electron chi connectivity index (χ2n) is 6.20. The van der Waals surface area contributed by atoms with Crippen LogP contribution in [0.5, 0.6) is 0 Å². The zero-order valence-corrected chi connectivity index (χ0v) is 14.6. The second-order valence-corrected chi connectivity index (χ2v) is 7.29. The number of aromatic nitrogens is 4. The van der Waals surface area contributed by atoms with Crippen LogP contribution in [-0.4, -0.2) is 33.3 Å². The molecule has 0 bridgehead atoms. The standard InChI is InChI=1S/C16H22FN5S/c1-4-12-20-21-16(23-12)11-5-7-22(8-6-11)15-13(17)14(10(2)3)18-9-19-15/h9-11H,4-8H2,1-3H3. The Balaban J connectivity index is 1.70. The van der Waals surface area contributed by atoms with E-state index in [1.165, 1.54) is 6.33 Å². The van der Waals surface area contributed by atoms with Gasteiger partial charge < -0.3 is 4.90 Å². The van der Waals surface area contributed by atoms with Crippen LogP contribution in [-0.2, 0) is 6.42 Å². The van der Waals surface area contributed by atoms with Crippen LogP contribution in [0.25, 0.3) is 0 Å². The summed E-state index contributed by atoms with van der Waals surface area (Å²) in [5.41, 5.74) is 0.494. The van der Waals surface area contributed by atoms with Gasteiger partial charge in [-0.15, -0.1) is 21.5 Å². The maximum atomic E-state index is 14.6. The molecule has 1 fully saturated rings. The number of aryl methyl sites for hydroxylation is 1. The first-order valence-electron chi connectivity index (χ1n) is 8.17. The molecule has 124 valence electrons. The van der Waals surface area contributed by atoms with Gasteiger partial charge in [-0.05, 0) is 25.2 Å². The molecule has 0 saturated carbocycles. The Bertz CT molecular complexity index is 664. The molecule has 2 aromatic heterocycles. The van der Waals surface area contributed by atoms with Crippen LogP contribution in [0.4, 0.5) is 10.2 Å². The quantitative estimate of drug-likeness (QED) is 0.855. The van der Waals surface area contributed by atoms with Gasteiger partial charge >= 0.3 is 0 Å². The van der Waals surface area contributed by atoms with Gasteiger partial charge in [-0.1, -0.05) is 20.8 Å². The summed E-state index contributed by atoms with van der Waals surface area (Å²) in [5, 5.41) is 10.7. The Morgan fingerprint density at radius 1 is 1.26 bits per heavy atom. The predicted molar refractivity (Wildman–Crippen MR) is 89.6 cm³/mol. The molecule has 0 atom stereocenters. The number of halogens is 1. The highest BCUT2D eigenvalue weighted by atomic mass is 32.1. The maximum Gasteiger partial charge on any atom is 0.187 e. The molecule has 0 N–H and O–H groups in total. The maximum absolute atomic E-state index is 14.6. The molecule has 0 radical (unpaired) electrons. The molecule has 0 spiro atoms. The SMILES string of the molecule is CCc1nnc(C2CCN(c3ncnc(C(C)C)c3F)CC2)s1. The monoisotopic (exact) mass is 335 g/mol. The van der Waals surface area contributed by atoms with E-state index in [1.807, 2.05) is 18.7 Å². The molecule has 0 aromatic carbocycles. The van der Waals surface area contributed by atoms with E-state index >= 15 is 0 Å². The van der Waals surface area contributed by atoms with Crippen LogP contribution in [0.15, 0.2) is 6.33 Å². The molecule has 0 aliphatic carbocycles. The first-order chi connectivity index (χ1) is 11.1. The number of hydrogen-bond acceptors (Lipinski definition) is 6. The number of hydrogen-bond donors (Lipinski definition) is 0. The molecule has 3 heterocycles. The van der Waals surface area contributed by atoms with E-state index in [9.17, 15) is 4.39 Å². The van der Waals surface area contributed by atoms with Gasteiger partial charge in [0.15, 0.2) is 11.6 Å². The minimum absolute atomic E-state index is 0.0585. The second kappa shape index (κ2) is 6.86. The molecule has 1 aliphatic rings. The third-order valence-corrected chi connectivity index (χ3v) is 5.50. The Hall–Kier alpha value is -1.63. The highest BCUT2D eigenvalue weighted by molar-refractivity contribution is 7.11. The molecule has 1 saturated heterocycles. The average molecular weight is 335 g/mol. The molecule has 5 nitrogen and oxygen atoms in total. The van der Waals surface area contributed by atoms with Crippen molar-refractivity contribution in [2.75, 3.05) is 18.0 Å². The first kappa shape index (κ1) is 16.2. The van der Waals surface area contributed by atoms with E-state index in [0.29, 0.717) is 17.4 Å². The largest absolute Gasteiger partial charge is 0.354 e. The molecule has 0 unspecified atom stereocenters. The summed E-state index contributed by atoms with van der Waals surface area (Å²) in [6.07, 6.45) is 4.32. The van der Waals surface area contributed by atoms with Crippen LogP contribution in [0.1, 0.15) is 61.2 Å². The van der Waals surface area contributed by atoms with Gasteiger partial charge in [0.2, 0.25) is 0 Å². The fourth-order valence-electron chi connectivity index (χ4n) is 2.91. The van der Waals surface area contributed by atoms with E-state index in [2.05, 4.69) is 27.1 Å². The summed E-state index contributed by atoms with van der Waals surface area (Å²) in [6.45, 7) is 7.57. The molecule has 23 heavy (non-hydrogen) atoms. The van der Waals surface area contributed by atoms with Crippen molar-refractivity contribution in [3.05, 3.63) is 27.9 Å². The number of nitrogens with zero attached hydrogens (tertiary/aromatic N) is 5. The summed E-state index contributed by atoms with van der Waals surface area (Å²) in [5.74, 6) is 0.653. The first-order valence-corrected chi connectivity index (χ1v) is 8.99. The van der Waals surface area contributed by atoms with E-state index in [-0.39, 0.29) is 11.7 Å². The van der Waals surface area contributed by atoms with Crippen LogP contribution < -0.4 is 4.90 Å².